The van der Waals surface area contributed by atoms with E-state index in [1.54, 1.807) is 25.1 Å². The number of ether oxygens (including phenoxy) is 3. The van der Waals surface area contributed by atoms with E-state index in [4.69, 9.17) is 14.2 Å². The number of hydrogen-bond acceptors (Lipinski definition) is 13. The molecule has 0 amide bonds. The molecule has 14 heteroatoms. The number of nitro benzene ring substituents is 1. The highest BCUT2D eigenvalue weighted by Crippen LogP contribution is 2.29. The lowest BCUT2D eigenvalue weighted by atomic mass is 10.2. The minimum atomic E-state index is -0.751. The monoisotopic (exact) mass is 584 g/mol. The number of hydrazone groups is 1. The van der Waals surface area contributed by atoms with Gasteiger partial charge in [-0.15, -0.1) is 0 Å². The highest BCUT2D eigenvalue weighted by molar-refractivity contribution is 5.92. The molecule has 0 spiro atoms. The van der Waals surface area contributed by atoms with Gasteiger partial charge in [0.15, 0.2) is 11.5 Å². The molecule has 1 aliphatic heterocycles. The molecular weight excluding hydrogens is 556 g/mol. The number of anilines is 4. The Labute approximate surface area is 246 Å². The van der Waals surface area contributed by atoms with Crippen LogP contribution in [-0.4, -0.2) is 65.0 Å². The van der Waals surface area contributed by atoms with Gasteiger partial charge in [-0.05, 0) is 48.9 Å². The number of aromatic nitrogens is 3. The fraction of sp³-hybridized carbons (Fsp3) is 0.207. The van der Waals surface area contributed by atoms with Gasteiger partial charge in [-0.2, -0.15) is 20.1 Å². The minimum absolute atomic E-state index is 0.0430. The molecule has 0 unspecified atom stereocenters. The second kappa shape index (κ2) is 13.8. The van der Waals surface area contributed by atoms with Crippen LogP contribution in [0.4, 0.5) is 29.2 Å². The molecule has 220 valence electrons. The van der Waals surface area contributed by atoms with E-state index in [1.807, 2.05) is 35.2 Å². The Bertz CT molecular complexity index is 1610. The third-order valence-corrected chi connectivity index (χ3v) is 6.09. The van der Waals surface area contributed by atoms with Gasteiger partial charge in [-0.25, -0.2) is 10.2 Å². The van der Waals surface area contributed by atoms with Gasteiger partial charge >= 0.3 is 5.97 Å². The van der Waals surface area contributed by atoms with E-state index in [-0.39, 0.29) is 22.9 Å². The summed E-state index contributed by atoms with van der Waals surface area (Å²) in [5, 5.41) is 18.5. The smallest absolute Gasteiger partial charge is 0.343 e. The predicted octanol–water partition coefficient (Wildman–Crippen LogP) is 4.42. The summed E-state index contributed by atoms with van der Waals surface area (Å²) in [6.07, 6.45) is 1.54. The van der Waals surface area contributed by atoms with Crippen molar-refractivity contribution in [3.05, 3.63) is 94.0 Å². The molecular formula is C29H28N8O6. The minimum Gasteiger partial charge on any atom is -0.490 e. The first-order valence-electron chi connectivity index (χ1n) is 13.4. The van der Waals surface area contributed by atoms with Crippen LogP contribution < -0.4 is 25.1 Å². The van der Waals surface area contributed by atoms with Crippen molar-refractivity contribution in [3.8, 4) is 11.5 Å². The van der Waals surface area contributed by atoms with Crippen LogP contribution in [0.1, 0.15) is 22.8 Å². The Morgan fingerprint density at radius 1 is 1.02 bits per heavy atom. The number of esters is 1. The zero-order chi connectivity index (χ0) is 30.0. The molecule has 0 atom stereocenters. The van der Waals surface area contributed by atoms with Crippen LogP contribution in [0, 0.1) is 10.1 Å². The van der Waals surface area contributed by atoms with E-state index < -0.39 is 10.9 Å². The molecule has 2 heterocycles. The number of nitrogens with one attached hydrogen (secondary N) is 2. The number of nitro groups is 1. The van der Waals surface area contributed by atoms with Crippen LogP contribution in [0.5, 0.6) is 11.5 Å². The number of non-ortho nitro benzene ring substituents is 1. The van der Waals surface area contributed by atoms with E-state index >= 15 is 0 Å². The topological polar surface area (TPSA) is 166 Å². The maximum absolute atomic E-state index is 12.7. The summed E-state index contributed by atoms with van der Waals surface area (Å²) in [7, 11) is 0. The average Bonchev–Trinajstić information content (AvgIpc) is 3.03. The van der Waals surface area contributed by atoms with Crippen molar-refractivity contribution in [3.63, 3.8) is 0 Å². The van der Waals surface area contributed by atoms with Gasteiger partial charge in [-0.3, -0.25) is 10.1 Å². The van der Waals surface area contributed by atoms with Gasteiger partial charge in [0.1, 0.15) is 0 Å². The number of benzene rings is 3. The lowest BCUT2D eigenvalue weighted by molar-refractivity contribution is -0.384. The van der Waals surface area contributed by atoms with Crippen LogP contribution in [0.2, 0.25) is 0 Å². The zero-order valence-electron chi connectivity index (χ0n) is 23.2. The number of rotatable bonds is 11. The van der Waals surface area contributed by atoms with E-state index in [1.165, 1.54) is 24.4 Å². The molecule has 0 radical (unpaired) electrons. The summed E-state index contributed by atoms with van der Waals surface area (Å²) in [6.45, 7) is 4.56. The Morgan fingerprint density at radius 2 is 1.81 bits per heavy atom. The Morgan fingerprint density at radius 3 is 2.58 bits per heavy atom. The summed E-state index contributed by atoms with van der Waals surface area (Å²) >= 11 is 0. The highest BCUT2D eigenvalue weighted by Gasteiger charge is 2.18. The molecule has 1 saturated heterocycles. The van der Waals surface area contributed by atoms with E-state index in [2.05, 4.69) is 30.8 Å². The number of para-hydroxylation sites is 1. The number of morpholine rings is 1. The molecule has 4 aromatic rings. The molecule has 1 aromatic heterocycles. The summed E-state index contributed by atoms with van der Waals surface area (Å²) in [5.41, 5.74) is 4.15. The molecule has 0 saturated carbocycles. The second-order valence-corrected chi connectivity index (χ2v) is 9.08. The van der Waals surface area contributed by atoms with Gasteiger partial charge in [0.05, 0.1) is 36.5 Å². The van der Waals surface area contributed by atoms with Gasteiger partial charge in [0.2, 0.25) is 17.8 Å². The summed E-state index contributed by atoms with van der Waals surface area (Å²) in [4.78, 5) is 38.7. The second-order valence-electron chi connectivity index (χ2n) is 9.08. The highest BCUT2D eigenvalue weighted by atomic mass is 16.6. The number of nitrogens with zero attached hydrogens (tertiary/aromatic N) is 6. The molecule has 14 nitrogen and oxygen atoms in total. The van der Waals surface area contributed by atoms with E-state index in [0.29, 0.717) is 56.1 Å². The van der Waals surface area contributed by atoms with Crippen molar-refractivity contribution in [2.75, 3.05) is 48.6 Å². The van der Waals surface area contributed by atoms with Crippen LogP contribution >= 0.6 is 0 Å². The first kappa shape index (κ1) is 28.9. The average molecular weight is 585 g/mol. The first-order chi connectivity index (χ1) is 21.0. The number of carbonyl (C=O) groups is 1. The number of carbonyl (C=O) groups excluding carboxylic acids is 1. The normalized spacial score (nSPS) is 13.0. The van der Waals surface area contributed by atoms with E-state index in [9.17, 15) is 14.9 Å². The standard InChI is InChI=1S/C29H28N8O6/c1-2-42-25-17-20(11-12-24(25)43-26(38)21-7-6-10-23(18-21)37(39)40)19-30-35-28-32-27(31-22-8-4-3-5-9-22)33-29(34-28)36-13-15-41-16-14-36/h3-12,17-19H,2,13-16H2,1H3,(H2,31,32,33,34,35)/b30-19+. The maximum atomic E-state index is 12.7. The van der Waals surface area contributed by atoms with Crippen molar-refractivity contribution < 1.29 is 23.9 Å². The summed E-state index contributed by atoms with van der Waals surface area (Å²) in [6, 6.07) is 19.8. The number of hydrogen-bond donors (Lipinski definition) is 2. The quantitative estimate of drug-likeness (QED) is 0.0839. The van der Waals surface area contributed by atoms with Crippen LogP contribution in [0.15, 0.2) is 77.9 Å². The fourth-order valence-corrected chi connectivity index (χ4v) is 4.05. The van der Waals surface area contributed by atoms with Gasteiger partial charge in [0, 0.05) is 30.9 Å². The lowest BCUT2D eigenvalue weighted by Crippen LogP contribution is -2.37. The molecule has 2 N–H and O–H groups in total. The lowest BCUT2D eigenvalue weighted by Gasteiger charge is -2.27. The Kier molecular flexibility index (Phi) is 9.29. The Hall–Kier alpha value is -5.63. The molecule has 5 rings (SSSR count). The molecule has 3 aromatic carbocycles. The van der Waals surface area contributed by atoms with Crippen molar-refractivity contribution in [2.24, 2.45) is 5.10 Å². The Balaban J connectivity index is 1.32. The third-order valence-electron chi connectivity index (χ3n) is 6.09. The predicted molar refractivity (Wildman–Crippen MR) is 159 cm³/mol. The SMILES string of the molecule is CCOc1cc(/C=N/Nc2nc(Nc3ccccc3)nc(N3CCOCC3)n2)ccc1OC(=O)c1cccc([N+](=O)[O-])c1. The third kappa shape index (κ3) is 7.77. The maximum Gasteiger partial charge on any atom is 0.343 e. The van der Waals surface area contributed by atoms with Gasteiger partial charge in [0.25, 0.3) is 5.69 Å². The van der Waals surface area contributed by atoms with Crippen LogP contribution in [0.25, 0.3) is 0 Å². The van der Waals surface area contributed by atoms with Gasteiger partial charge in [-0.1, -0.05) is 24.3 Å². The molecule has 0 bridgehead atoms. The zero-order valence-corrected chi connectivity index (χ0v) is 23.2. The largest absolute Gasteiger partial charge is 0.490 e. The molecule has 1 fully saturated rings. The van der Waals surface area contributed by atoms with E-state index in [0.717, 1.165) is 11.8 Å². The van der Waals surface area contributed by atoms with Gasteiger partial charge < -0.3 is 24.4 Å². The molecule has 0 aliphatic carbocycles. The molecule has 43 heavy (non-hydrogen) atoms. The molecule has 1 aliphatic rings. The fourth-order valence-electron chi connectivity index (χ4n) is 4.05. The van der Waals surface area contributed by atoms with Crippen LogP contribution in [0.3, 0.4) is 0 Å². The van der Waals surface area contributed by atoms with Crippen molar-refractivity contribution >= 4 is 41.4 Å². The summed E-state index contributed by atoms with van der Waals surface area (Å²) < 4.78 is 16.6. The van der Waals surface area contributed by atoms with Crippen molar-refractivity contribution in [1.29, 1.82) is 0 Å². The summed E-state index contributed by atoms with van der Waals surface area (Å²) in [5.74, 6) is 0.788. The van der Waals surface area contributed by atoms with Crippen LogP contribution in [-0.2, 0) is 4.74 Å². The van der Waals surface area contributed by atoms with Crippen molar-refractivity contribution in [1.82, 2.24) is 15.0 Å². The first-order valence-corrected chi connectivity index (χ1v) is 13.4. The van der Waals surface area contributed by atoms with Crippen molar-refractivity contribution in [2.45, 2.75) is 6.92 Å².